The molecule has 7 heteroatoms. The molecule has 4 nitrogen and oxygen atoms in total. The summed E-state index contributed by atoms with van der Waals surface area (Å²) in [5.74, 6) is -0.416. The third-order valence-corrected chi connectivity index (χ3v) is 2.82. The summed E-state index contributed by atoms with van der Waals surface area (Å²) in [5, 5.41) is 12.3. The van der Waals surface area contributed by atoms with Crippen LogP contribution in [0.1, 0.15) is 27.8 Å². The molecule has 2 aromatic rings. The smallest absolute Gasteiger partial charge is 0.416 e. The first-order valence-electron chi connectivity index (χ1n) is 6.05. The maximum Gasteiger partial charge on any atom is 0.416 e. The van der Waals surface area contributed by atoms with Gasteiger partial charge in [0.05, 0.1) is 17.9 Å². The number of rotatable bonds is 4. The molecule has 0 fully saturated rings. The van der Waals surface area contributed by atoms with Gasteiger partial charge in [0.15, 0.2) is 5.76 Å². The van der Waals surface area contributed by atoms with Gasteiger partial charge in [0, 0.05) is 6.54 Å². The lowest BCUT2D eigenvalue weighted by Gasteiger charge is -2.13. The third-order valence-electron chi connectivity index (χ3n) is 2.82. The molecule has 1 unspecified atom stereocenters. The highest BCUT2D eigenvalue weighted by Gasteiger charge is 2.30. The molecule has 1 aromatic carbocycles. The number of carbonyl (C=O) groups is 1. The second-order valence-corrected chi connectivity index (χ2v) is 4.32. The predicted octanol–water partition coefficient (Wildman–Crippen LogP) is 2.76. The normalized spacial score (nSPS) is 13.0. The van der Waals surface area contributed by atoms with E-state index in [1.54, 1.807) is 6.07 Å². The molecule has 0 aliphatic heterocycles. The van der Waals surface area contributed by atoms with E-state index in [-0.39, 0.29) is 17.9 Å². The zero-order valence-electron chi connectivity index (χ0n) is 10.7. The van der Waals surface area contributed by atoms with Crippen molar-refractivity contribution in [3.8, 4) is 0 Å². The van der Waals surface area contributed by atoms with Gasteiger partial charge < -0.3 is 14.8 Å². The molecule has 0 aliphatic rings. The Morgan fingerprint density at radius 3 is 2.43 bits per heavy atom. The Bertz CT molecular complexity index is 591. The summed E-state index contributed by atoms with van der Waals surface area (Å²) in [6.45, 7) is -0.134. The van der Waals surface area contributed by atoms with Crippen LogP contribution in [0, 0.1) is 0 Å². The topological polar surface area (TPSA) is 62.5 Å². The minimum Gasteiger partial charge on any atom is -0.459 e. The van der Waals surface area contributed by atoms with Crippen LogP contribution in [-0.2, 0) is 6.18 Å². The molecule has 0 spiro atoms. The van der Waals surface area contributed by atoms with Gasteiger partial charge in [-0.05, 0) is 29.8 Å². The summed E-state index contributed by atoms with van der Waals surface area (Å²) in [5.41, 5.74) is -0.513. The third kappa shape index (κ3) is 3.85. The van der Waals surface area contributed by atoms with E-state index in [1.165, 1.54) is 24.5 Å². The second kappa shape index (κ2) is 6.01. The molecular weight excluding hydrogens is 287 g/mol. The molecule has 0 bridgehead atoms. The maximum atomic E-state index is 12.4. The fourth-order valence-electron chi connectivity index (χ4n) is 1.70. The lowest BCUT2D eigenvalue weighted by molar-refractivity contribution is -0.137. The van der Waals surface area contributed by atoms with Gasteiger partial charge in [-0.1, -0.05) is 12.1 Å². The van der Waals surface area contributed by atoms with E-state index < -0.39 is 23.8 Å². The SMILES string of the molecule is O=C(NCC(O)c1ccc(C(F)(F)F)cc1)c1ccco1. The Kier molecular flexibility index (Phi) is 4.32. The second-order valence-electron chi connectivity index (χ2n) is 4.32. The molecule has 21 heavy (non-hydrogen) atoms. The van der Waals surface area contributed by atoms with Crippen molar-refractivity contribution < 1.29 is 27.5 Å². The van der Waals surface area contributed by atoms with Crippen molar-refractivity contribution in [1.29, 1.82) is 0 Å². The van der Waals surface area contributed by atoms with Crippen LogP contribution in [0.5, 0.6) is 0 Å². The highest BCUT2D eigenvalue weighted by atomic mass is 19.4. The first-order chi connectivity index (χ1) is 9.88. The van der Waals surface area contributed by atoms with Gasteiger partial charge in [-0.2, -0.15) is 13.2 Å². The predicted molar refractivity (Wildman–Crippen MR) is 67.4 cm³/mol. The van der Waals surface area contributed by atoms with Crippen molar-refractivity contribution in [2.75, 3.05) is 6.54 Å². The maximum absolute atomic E-state index is 12.4. The molecule has 0 saturated carbocycles. The number of carbonyl (C=O) groups excluding carboxylic acids is 1. The number of benzene rings is 1. The van der Waals surface area contributed by atoms with Gasteiger partial charge in [0.25, 0.3) is 5.91 Å². The Hall–Kier alpha value is -2.28. The lowest BCUT2D eigenvalue weighted by atomic mass is 10.1. The standard InChI is InChI=1S/C14H12F3NO3/c15-14(16,17)10-5-3-9(4-6-10)11(19)8-18-13(20)12-2-1-7-21-12/h1-7,11,19H,8H2,(H,18,20). The average Bonchev–Trinajstić information content (AvgIpc) is 2.98. The first-order valence-corrected chi connectivity index (χ1v) is 6.05. The quantitative estimate of drug-likeness (QED) is 0.912. The number of amides is 1. The number of alkyl halides is 3. The molecule has 1 aromatic heterocycles. The summed E-state index contributed by atoms with van der Waals surface area (Å²) in [7, 11) is 0. The average molecular weight is 299 g/mol. The molecule has 0 saturated heterocycles. The molecule has 1 atom stereocenters. The molecule has 1 heterocycles. The molecule has 2 N–H and O–H groups in total. The van der Waals surface area contributed by atoms with Crippen molar-refractivity contribution in [2.24, 2.45) is 0 Å². The van der Waals surface area contributed by atoms with Crippen LogP contribution in [0.4, 0.5) is 13.2 Å². The van der Waals surface area contributed by atoms with Gasteiger partial charge in [-0.15, -0.1) is 0 Å². The number of hydrogen-bond donors (Lipinski definition) is 2. The van der Waals surface area contributed by atoms with Crippen molar-refractivity contribution in [3.63, 3.8) is 0 Å². The summed E-state index contributed by atoms with van der Waals surface area (Å²) < 4.78 is 42.1. The molecule has 112 valence electrons. The van der Waals surface area contributed by atoms with E-state index in [9.17, 15) is 23.1 Å². The zero-order chi connectivity index (χ0) is 15.5. The first kappa shape index (κ1) is 15.1. The Balaban J connectivity index is 1.94. The fraction of sp³-hybridized carbons (Fsp3) is 0.214. The summed E-state index contributed by atoms with van der Waals surface area (Å²) in [6, 6.07) is 7.11. The van der Waals surface area contributed by atoms with Gasteiger partial charge >= 0.3 is 6.18 Å². The van der Waals surface area contributed by atoms with E-state index in [0.717, 1.165) is 12.1 Å². The minimum absolute atomic E-state index is 0.0922. The van der Waals surface area contributed by atoms with Crippen molar-refractivity contribution in [3.05, 3.63) is 59.5 Å². The largest absolute Gasteiger partial charge is 0.459 e. The zero-order valence-corrected chi connectivity index (χ0v) is 10.7. The number of halogens is 3. The van der Waals surface area contributed by atoms with Crippen molar-refractivity contribution >= 4 is 5.91 Å². The van der Waals surface area contributed by atoms with Crippen LogP contribution in [-0.4, -0.2) is 17.6 Å². The lowest BCUT2D eigenvalue weighted by Crippen LogP contribution is -2.28. The Labute approximate surface area is 118 Å². The molecule has 0 aliphatic carbocycles. The van der Waals surface area contributed by atoms with Crippen molar-refractivity contribution in [2.45, 2.75) is 12.3 Å². The fourth-order valence-corrected chi connectivity index (χ4v) is 1.70. The minimum atomic E-state index is -4.42. The Morgan fingerprint density at radius 2 is 1.90 bits per heavy atom. The van der Waals surface area contributed by atoms with Crippen LogP contribution in [0.15, 0.2) is 47.1 Å². The van der Waals surface area contributed by atoms with Crippen LogP contribution in [0.25, 0.3) is 0 Å². The number of furan rings is 1. The monoisotopic (exact) mass is 299 g/mol. The van der Waals surface area contributed by atoms with E-state index in [1.807, 2.05) is 0 Å². The van der Waals surface area contributed by atoms with Crippen LogP contribution in [0.2, 0.25) is 0 Å². The van der Waals surface area contributed by atoms with E-state index in [2.05, 4.69) is 5.32 Å². The van der Waals surface area contributed by atoms with E-state index in [0.29, 0.717) is 0 Å². The van der Waals surface area contributed by atoms with E-state index in [4.69, 9.17) is 4.42 Å². The Morgan fingerprint density at radius 1 is 1.24 bits per heavy atom. The highest BCUT2D eigenvalue weighted by Crippen LogP contribution is 2.29. The van der Waals surface area contributed by atoms with Gasteiger partial charge in [0.2, 0.25) is 0 Å². The van der Waals surface area contributed by atoms with Crippen molar-refractivity contribution in [1.82, 2.24) is 5.32 Å². The van der Waals surface area contributed by atoms with Crippen LogP contribution in [0.3, 0.4) is 0 Å². The van der Waals surface area contributed by atoms with Gasteiger partial charge in [-0.25, -0.2) is 0 Å². The number of aliphatic hydroxyl groups is 1. The van der Waals surface area contributed by atoms with Crippen LogP contribution < -0.4 is 5.32 Å². The van der Waals surface area contributed by atoms with Crippen LogP contribution >= 0.6 is 0 Å². The highest BCUT2D eigenvalue weighted by molar-refractivity contribution is 5.91. The molecular formula is C14H12F3NO3. The van der Waals surface area contributed by atoms with E-state index >= 15 is 0 Å². The number of aliphatic hydroxyl groups excluding tert-OH is 1. The molecule has 2 rings (SSSR count). The summed E-state index contributed by atoms with van der Waals surface area (Å²) in [6.07, 6.45) is -4.19. The number of nitrogens with one attached hydrogen (secondary N) is 1. The number of hydrogen-bond acceptors (Lipinski definition) is 3. The summed E-state index contributed by atoms with van der Waals surface area (Å²) in [4.78, 5) is 11.6. The molecule has 0 radical (unpaired) electrons. The van der Waals surface area contributed by atoms with Gasteiger partial charge in [0.1, 0.15) is 0 Å². The molecule has 1 amide bonds. The summed E-state index contributed by atoms with van der Waals surface area (Å²) >= 11 is 0. The van der Waals surface area contributed by atoms with Gasteiger partial charge in [-0.3, -0.25) is 4.79 Å².